The molecule has 1 aromatic rings. The SMILES string of the molecule is NCCCCS(=O)(=O)NCCCc1ncn[nH]1. The highest BCUT2D eigenvalue weighted by molar-refractivity contribution is 7.89. The molecule has 0 atom stereocenters. The maximum atomic E-state index is 11.5. The smallest absolute Gasteiger partial charge is 0.211 e. The van der Waals surface area contributed by atoms with Gasteiger partial charge >= 0.3 is 0 Å². The van der Waals surface area contributed by atoms with Crippen LogP contribution in [0.4, 0.5) is 0 Å². The van der Waals surface area contributed by atoms with Crippen LogP contribution >= 0.6 is 0 Å². The Hall–Kier alpha value is -0.990. The fourth-order valence-electron chi connectivity index (χ4n) is 1.34. The summed E-state index contributed by atoms with van der Waals surface area (Å²) in [6.07, 6.45) is 4.16. The van der Waals surface area contributed by atoms with Gasteiger partial charge < -0.3 is 5.73 Å². The van der Waals surface area contributed by atoms with E-state index < -0.39 is 10.0 Å². The van der Waals surface area contributed by atoms with Crippen molar-refractivity contribution in [3.63, 3.8) is 0 Å². The average molecular weight is 261 g/mol. The summed E-state index contributed by atoms with van der Waals surface area (Å²) in [5.41, 5.74) is 5.30. The van der Waals surface area contributed by atoms with Crippen LogP contribution < -0.4 is 10.5 Å². The number of H-pyrrole nitrogens is 1. The van der Waals surface area contributed by atoms with Crippen LogP contribution in [0.25, 0.3) is 0 Å². The number of hydrogen-bond donors (Lipinski definition) is 3. The first-order valence-corrected chi connectivity index (χ1v) is 7.31. The molecule has 1 rings (SSSR count). The molecular formula is C9H19N5O2S. The van der Waals surface area contributed by atoms with Crippen LogP contribution in [0.15, 0.2) is 6.33 Å². The van der Waals surface area contributed by atoms with Crippen molar-refractivity contribution >= 4 is 10.0 Å². The lowest BCUT2D eigenvalue weighted by molar-refractivity contribution is 0.574. The summed E-state index contributed by atoms with van der Waals surface area (Å²) in [7, 11) is -3.15. The van der Waals surface area contributed by atoms with E-state index in [-0.39, 0.29) is 5.75 Å². The van der Waals surface area contributed by atoms with Crippen molar-refractivity contribution in [2.45, 2.75) is 25.7 Å². The third-order valence-electron chi connectivity index (χ3n) is 2.24. The Labute approximate surface area is 101 Å². The van der Waals surface area contributed by atoms with Crippen LogP contribution in [0.1, 0.15) is 25.1 Å². The molecule has 98 valence electrons. The zero-order valence-electron chi connectivity index (χ0n) is 9.72. The number of hydrogen-bond acceptors (Lipinski definition) is 5. The molecule has 0 amide bonds. The molecule has 1 heterocycles. The molecule has 0 bridgehead atoms. The van der Waals surface area contributed by atoms with Gasteiger partial charge in [0.25, 0.3) is 0 Å². The molecule has 1 aromatic heterocycles. The van der Waals surface area contributed by atoms with E-state index in [2.05, 4.69) is 19.9 Å². The number of aryl methyl sites for hydroxylation is 1. The Morgan fingerprint density at radius 2 is 2.18 bits per heavy atom. The summed E-state index contributed by atoms with van der Waals surface area (Å²) in [5.74, 6) is 0.916. The van der Waals surface area contributed by atoms with Gasteiger partial charge in [0.2, 0.25) is 10.0 Å². The molecule has 0 aromatic carbocycles. The molecule has 0 fully saturated rings. The van der Waals surface area contributed by atoms with Gasteiger partial charge in [-0.05, 0) is 25.8 Å². The largest absolute Gasteiger partial charge is 0.330 e. The summed E-state index contributed by atoms with van der Waals surface area (Å²) in [6.45, 7) is 0.951. The number of nitrogens with two attached hydrogens (primary N) is 1. The second-order valence-corrected chi connectivity index (χ2v) is 5.67. The van der Waals surface area contributed by atoms with Gasteiger partial charge in [-0.2, -0.15) is 5.10 Å². The molecule has 0 spiro atoms. The predicted octanol–water partition coefficient (Wildman–Crippen LogP) is -0.604. The molecule has 0 aliphatic rings. The summed E-state index contributed by atoms with van der Waals surface area (Å²) < 4.78 is 25.5. The van der Waals surface area contributed by atoms with Crippen molar-refractivity contribution in [3.05, 3.63) is 12.2 Å². The lowest BCUT2D eigenvalue weighted by Gasteiger charge is -2.05. The van der Waals surface area contributed by atoms with E-state index in [0.717, 1.165) is 12.2 Å². The van der Waals surface area contributed by atoms with Gasteiger partial charge in [0, 0.05) is 13.0 Å². The number of sulfonamides is 1. The van der Waals surface area contributed by atoms with E-state index in [9.17, 15) is 8.42 Å². The molecule has 0 saturated carbocycles. The Balaban J connectivity index is 2.12. The fourth-order valence-corrected chi connectivity index (χ4v) is 2.53. The first-order valence-electron chi connectivity index (χ1n) is 5.66. The van der Waals surface area contributed by atoms with Crippen LogP contribution in [0, 0.1) is 0 Å². The predicted molar refractivity (Wildman–Crippen MR) is 64.8 cm³/mol. The second kappa shape index (κ2) is 7.36. The van der Waals surface area contributed by atoms with Gasteiger partial charge in [0.15, 0.2) is 0 Å². The van der Waals surface area contributed by atoms with Gasteiger partial charge in [-0.25, -0.2) is 18.1 Å². The Bertz CT molecular complexity index is 390. The van der Waals surface area contributed by atoms with E-state index in [1.54, 1.807) is 0 Å². The van der Waals surface area contributed by atoms with Crippen LogP contribution in [-0.4, -0.2) is 42.4 Å². The average Bonchev–Trinajstić information content (AvgIpc) is 2.77. The lowest BCUT2D eigenvalue weighted by Crippen LogP contribution is -2.28. The molecule has 8 heteroatoms. The molecular weight excluding hydrogens is 242 g/mol. The van der Waals surface area contributed by atoms with Crippen molar-refractivity contribution in [3.8, 4) is 0 Å². The highest BCUT2D eigenvalue weighted by atomic mass is 32.2. The number of unbranched alkanes of at least 4 members (excludes halogenated alkanes) is 1. The maximum absolute atomic E-state index is 11.5. The van der Waals surface area contributed by atoms with E-state index in [1.807, 2.05) is 0 Å². The molecule has 7 nitrogen and oxygen atoms in total. The topological polar surface area (TPSA) is 114 Å². The molecule has 17 heavy (non-hydrogen) atoms. The van der Waals surface area contributed by atoms with Gasteiger partial charge in [-0.3, -0.25) is 5.10 Å². The van der Waals surface area contributed by atoms with E-state index in [4.69, 9.17) is 5.73 Å². The summed E-state index contributed by atoms with van der Waals surface area (Å²) in [6, 6.07) is 0. The highest BCUT2D eigenvalue weighted by Gasteiger charge is 2.08. The Morgan fingerprint density at radius 3 is 2.82 bits per heavy atom. The molecule has 0 saturated heterocycles. The first-order chi connectivity index (χ1) is 8.14. The lowest BCUT2D eigenvalue weighted by atomic mass is 10.3. The number of rotatable bonds is 9. The summed E-state index contributed by atoms with van der Waals surface area (Å²) in [4.78, 5) is 3.95. The maximum Gasteiger partial charge on any atom is 0.211 e. The number of nitrogens with one attached hydrogen (secondary N) is 2. The van der Waals surface area contributed by atoms with Crippen LogP contribution in [0.5, 0.6) is 0 Å². The fraction of sp³-hybridized carbons (Fsp3) is 0.778. The molecule has 4 N–H and O–H groups in total. The highest BCUT2D eigenvalue weighted by Crippen LogP contribution is 1.95. The molecule has 0 aliphatic heterocycles. The first kappa shape index (κ1) is 14.1. The van der Waals surface area contributed by atoms with Gasteiger partial charge in [-0.1, -0.05) is 0 Å². The number of aromatic amines is 1. The van der Waals surface area contributed by atoms with Gasteiger partial charge in [0.1, 0.15) is 12.2 Å². The van der Waals surface area contributed by atoms with Crippen molar-refractivity contribution in [1.82, 2.24) is 19.9 Å². The zero-order valence-corrected chi connectivity index (χ0v) is 10.5. The van der Waals surface area contributed by atoms with Crippen molar-refractivity contribution in [2.24, 2.45) is 5.73 Å². The third kappa shape index (κ3) is 6.35. The summed E-state index contributed by atoms with van der Waals surface area (Å²) >= 11 is 0. The summed E-state index contributed by atoms with van der Waals surface area (Å²) in [5, 5.41) is 6.44. The standard InChI is InChI=1S/C9H19N5O2S/c10-5-1-2-7-17(15,16)13-6-3-4-9-11-8-12-14-9/h8,13H,1-7,10H2,(H,11,12,14). The monoisotopic (exact) mass is 261 g/mol. The Kier molecular flexibility index (Phi) is 6.09. The minimum Gasteiger partial charge on any atom is -0.330 e. The Morgan fingerprint density at radius 1 is 1.35 bits per heavy atom. The van der Waals surface area contributed by atoms with Crippen molar-refractivity contribution < 1.29 is 8.42 Å². The molecule has 0 unspecified atom stereocenters. The van der Waals surface area contributed by atoms with Crippen LogP contribution in [-0.2, 0) is 16.4 Å². The van der Waals surface area contributed by atoms with Gasteiger partial charge in [0.05, 0.1) is 5.75 Å². The second-order valence-electron chi connectivity index (χ2n) is 3.74. The zero-order chi connectivity index (χ0) is 12.6. The van der Waals surface area contributed by atoms with E-state index in [0.29, 0.717) is 32.4 Å². The minimum atomic E-state index is -3.15. The van der Waals surface area contributed by atoms with Crippen LogP contribution in [0.2, 0.25) is 0 Å². The quantitative estimate of drug-likeness (QED) is 0.513. The van der Waals surface area contributed by atoms with Gasteiger partial charge in [-0.15, -0.1) is 0 Å². The third-order valence-corrected chi connectivity index (χ3v) is 3.71. The minimum absolute atomic E-state index is 0.145. The van der Waals surface area contributed by atoms with Crippen molar-refractivity contribution in [2.75, 3.05) is 18.8 Å². The van der Waals surface area contributed by atoms with Crippen LogP contribution in [0.3, 0.4) is 0 Å². The normalized spacial score (nSPS) is 11.8. The molecule has 0 aliphatic carbocycles. The van der Waals surface area contributed by atoms with E-state index in [1.165, 1.54) is 6.33 Å². The number of nitrogens with zero attached hydrogens (tertiary/aromatic N) is 2. The van der Waals surface area contributed by atoms with Crippen molar-refractivity contribution in [1.29, 1.82) is 0 Å². The number of aromatic nitrogens is 3. The van der Waals surface area contributed by atoms with E-state index >= 15 is 0 Å². The molecule has 0 radical (unpaired) electrons.